The number of rotatable bonds is 3. The fourth-order valence-corrected chi connectivity index (χ4v) is 2.16. The van der Waals surface area contributed by atoms with Gasteiger partial charge in [0.2, 0.25) is 5.78 Å². The van der Waals surface area contributed by atoms with Gasteiger partial charge in [-0.2, -0.15) is 0 Å². The van der Waals surface area contributed by atoms with Crippen molar-refractivity contribution in [2.75, 3.05) is 0 Å². The van der Waals surface area contributed by atoms with Crippen LogP contribution in [0.4, 0.5) is 0 Å². The van der Waals surface area contributed by atoms with E-state index in [1.165, 1.54) is 6.08 Å². The highest BCUT2D eigenvalue weighted by atomic mass is 32.2. The topological polar surface area (TPSA) is 66.4 Å². The minimum atomic E-state index is -2.09. The molecule has 0 saturated heterocycles. The van der Waals surface area contributed by atoms with Gasteiger partial charge in [0, 0.05) is 17.4 Å². The summed E-state index contributed by atoms with van der Waals surface area (Å²) in [6.07, 6.45) is 1.47. The molecule has 1 aliphatic rings. The SMILES string of the molecule is CC1(C)OC(c2ccc(CS(=O)[O-])cc2)=CC1=O. The minimum Gasteiger partial charge on any atom is -0.772 e. The van der Waals surface area contributed by atoms with Gasteiger partial charge in [-0.1, -0.05) is 35.3 Å². The minimum absolute atomic E-state index is 0.00932. The van der Waals surface area contributed by atoms with E-state index >= 15 is 0 Å². The van der Waals surface area contributed by atoms with Crippen molar-refractivity contribution < 1.29 is 18.3 Å². The normalized spacial score (nSPS) is 19.3. The molecule has 1 aliphatic heterocycles. The Bertz CT molecular complexity index is 528. The van der Waals surface area contributed by atoms with Crippen molar-refractivity contribution in [2.45, 2.75) is 25.2 Å². The molecule has 1 aromatic rings. The van der Waals surface area contributed by atoms with Gasteiger partial charge in [-0.15, -0.1) is 0 Å². The number of hydrogen-bond acceptors (Lipinski definition) is 4. The third kappa shape index (κ3) is 2.68. The molecular weight excluding hydrogens is 252 g/mol. The van der Waals surface area contributed by atoms with Crippen molar-refractivity contribution in [1.29, 1.82) is 0 Å². The Balaban J connectivity index is 2.19. The van der Waals surface area contributed by atoms with Crippen LogP contribution >= 0.6 is 0 Å². The van der Waals surface area contributed by atoms with Crippen LogP contribution in [0.1, 0.15) is 25.0 Å². The van der Waals surface area contributed by atoms with E-state index in [2.05, 4.69) is 0 Å². The Morgan fingerprint density at radius 3 is 2.33 bits per heavy atom. The summed E-state index contributed by atoms with van der Waals surface area (Å²) in [5.41, 5.74) is 0.662. The summed E-state index contributed by atoms with van der Waals surface area (Å²) in [6.45, 7) is 3.43. The van der Waals surface area contributed by atoms with Gasteiger partial charge in [0.15, 0.2) is 5.60 Å². The second-order valence-electron chi connectivity index (χ2n) is 4.63. The highest BCUT2D eigenvalue weighted by molar-refractivity contribution is 7.78. The van der Waals surface area contributed by atoms with Crippen LogP contribution in [0.15, 0.2) is 30.3 Å². The standard InChI is InChI=1S/C13H14O4S/c1-13(2)12(14)7-11(17-13)10-5-3-9(4-6-10)8-18(15)16/h3-7H,8H2,1-2H3,(H,15,16)/p-1. The third-order valence-corrected chi connectivity index (χ3v) is 3.31. The van der Waals surface area contributed by atoms with E-state index in [-0.39, 0.29) is 11.5 Å². The van der Waals surface area contributed by atoms with Crippen LogP contribution in [0.5, 0.6) is 0 Å². The Labute approximate surface area is 108 Å². The molecular formula is C13H13O4S-. The molecule has 4 nitrogen and oxygen atoms in total. The molecule has 1 unspecified atom stereocenters. The van der Waals surface area contributed by atoms with E-state index in [1.54, 1.807) is 38.1 Å². The first-order chi connectivity index (χ1) is 8.38. The quantitative estimate of drug-likeness (QED) is 0.781. The van der Waals surface area contributed by atoms with Crippen LogP contribution in [0.25, 0.3) is 5.76 Å². The van der Waals surface area contributed by atoms with E-state index in [9.17, 15) is 13.6 Å². The number of ether oxygens (including phenoxy) is 1. The van der Waals surface area contributed by atoms with Crippen molar-refractivity contribution >= 4 is 22.6 Å². The summed E-state index contributed by atoms with van der Waals surface area (Å²) >= 11 is -2.09. The lowest BCUT2D eigenvalue weighted by atomic mass is 10.1. The summed E-state index contributed by atoms with van der Waals surface area (Å²) in [5, 5.41) is 0. The highest BCUT2D eigenvalue weighted by Gasteiger charge is 2.35. The lowest BCUT2D eigenvalue weighted by Gasteiger charge is -2.18. The maximum Gasteiger partial charge on any atom is 0.202 e. The Kier molecular flexibility index (Phi) is 3.36. The lowest BCUT2D eigenvalue weighted by molar-refractivity contribution is -0.125. The number of benzene rings is 1. The van der Waals surface area contributed by atoms with Crippen LogP contribution in [0.3, 0.4) is 0 Å². The molecule has 5 heteroatoms. The summed E-state index contributed by atoms with van der Waals surface area (Å²) in [6, 6.07) is 6.93. The molecule has 1 heterocycles. The lowest BCUT2D eigenvalue weighted by Crippen LogP contribution is -2.27. The molecule has 1 atom stereocenters. The zero-order valence-corrected chi connectivity index (χ0v) is 11.0. The van der Waals surface area contributed by atoms with E-state index < -0.39 is 16.7 Å². The van der Waals surface area contributed by atoms with Crippen LogP contribution in [-0.2, 0) is 26.4 Å². The maximum absolute atomic E-state index is 11.6. The van der Waals surface area contributed by atoms with Crippen molar-refractivity contribution in [3.8, 4) is 0 Å². The zero-order chi connectivity index (χ0) is 13.3. The molecule has 1 aromatic carbocycles. The molecule has 0 aromatic heterocycles. The van der Waals surface area contributed by atoms with Crippen molar-refractivity contribution in [3.63, 3.8) is 0 Å². The van der Waals surface area contributed by atoms with Gasteiger partial charge in [-0.05, 0) is 19.4 Å². The molecule has 2 rings (SSSR count). The fraction of sp³-hybridized carbons (Fsp3) is 0.308. The van der Waals surface area contributed by atoms with Gasteiger partial charge in [-0.25, -0.2) is 0 Å². The summed E-state index contributed by atoms with van der Waals surface area (Å²) in [4.78, 5) is 11.6. The molecule has 96 valence electrons. The number of ketones is 1. The van der Waals surface area contributed by atoms with Crippen LogP contribution in [0.2, 0.25) is 0 Å². The molecule has 0 aliphatic carbocycles. The summed E-state index contributed by atoms with van der Waals surface area (Å²) in [5.74, 6) is 0.451. The van der Waals surface area contributed by atoms with E-state index in [0.717, 1.165) is 5.56 Å². The van der Waals surface area contributed by atoms with Crippen LogP contribution in [-0.4, -0.2) is 20.1 Å². The Morgan fingerprint density at radius 1 is 1.28 bits per heavy atom. The first-order valence-electron chi connectivity index (χ1n) is 5.49. The molecule has 0 radical (unpaired) electrons. The van der Waals surface area contributed by atoms with Gasteiger partial charge >= 0.3 is 0 Å². The number of hydrogen-bond donors (Lipinski definition) is 0. The average molecular weight is 265 g/mol. The van der Waals surface area contributed by atoms with Gasteiger partial charge in [0.25, 0.3) is 0 Å². The fourth-order valence-electron chi connectivity index (χ4n) is 1.69. The van der Waals surface area contributed by atoms with Crippen LogP contribution < -0.4 is 0 Å². The van der Waals surface area contributed by atoms with E-state index in [1.807, 2.05) is 0 Å². The predicted octanol–water partition coefficient (Wildman–Crippen LogP) is 1.78. The molecule has 18 heavy (non-hydrogen) atoms. The average Bonchev–Trinajstić information content (AvgIpc) is 2.54. The maximum atomic E-state index is 11.6. The second-order valence-corrected chi connectivity index (χ2v) is 5.53. The van der Waals surface area contributed by atoms with E-state index in [4.69, 9.17) is 4.74 Å². The molecule has 0 saturated carbocycles. The van der Waals surface area contributed by atoms with Crippen molar-refractivity contribution in [3.05, 3.63) is 41.5 Å². The zero-order valence-electron chi connectivity index (χ0n) is 10.1. The van der Waals surface area contributed by atoms with Gasteiger partial charge in [-0.3, -0.25) is 9.00 Å². The second kappa shape index (κ2) is 4.66. The highest BCUT2D eigenvalue weighted by Crippen LogP contribution is 2.30. The molecule has 0 bridgehead atoms. The summed E-state index contributed by atoms with van der Waals surface area (Å²) in [7, 11) is 0. The number of carbonyl (C=O) groups is 1. The first-order valence-corrected chi connectivity index (χ1v) is 6.73. The Morgan fingerprint density at radius 2 is 1.89 bits per heavy atom. The smallest absolute Gasteiger partial charge is 0.202 e. The van der Waals surface area contributed by atoms with Crippen LogP contribution in [0, 0.1) is 0 Å². The van der Waals surface area contributed by atoms with Gasteiger partial charge in [0.1, 0.15) is 5.76 Å². The van der Waals surface area contributed by atoms with E-state index in [0.29, 0.717) is 11.3 Å². The Hall–Kier alpha value is -1.46. The monoisotopic (exact) mass is 265 g/mol. The van der Waals surface area contributed by atoms with Crippen molar-refractivity contribution in [2.24, 2.45) is 0 Å². The van der Waals surface area contributed by atoms with Gasteiger partial charge < -0.3 is 9.29 Å². The third-order valence-electron chi connectivity index (χ3n) is 2.74. The van der Waals surface area contributed by atoms with Gasteiger partial charge in [0.05, 0.1) is 0 Å². The first kappa shape index (κ1) is 13.0. The molecule has 0 N–H and O–H groups in total. The number of carbonyl (C=O) groups excluding carboxylic acids is 1. The predicted molar refractivity (Wildman–Crippen MR) is 67.2 cm³/mol. The van der Waals surface area contributed by atoms with Crippen molar-refractivity contribution in [1.82, 2.24) is 0 Å². The summed E-state index contributed by atoms with van der Waals surface area (Å²) < 4.78 is 26.7. The largest absolute Gasteiger partial charge is 0.772 e. The molecule has 0 fully saturated rings. The molecule has 0 spiro atoms. The molecule has 0 amide bonds.